The van der Waals surface area contributed by atoms with Crippen LogP contribution in [0.2, 0.25) is 0 Å². The van der Waals surface area contributed by atoms with Crippen LogP contribution in [0.15, 0.2) is 30.3 Å². The smallest absolute Gasteiger partial charge is 0.392 e. The Bertz CT molecular complexity index is 1190. The summed E-state index contributed by atoms with van der Waals surface area (Å²) < 4.78 is 39.7. The fourth-order valence-electron chi connectivity index (χ4n) is 4.06. The van der Waals surface area contributed by atoms with Crippen LogP contribution in [0, 0.1) is 0 Å². The van der Waals surface area contributed by atoms with E-state index in [2.05, 4.69) is 15.3 Å². The second-order valence-corrected chi connectivity index (χ2v) is 9.86. The number of benzene rings is 1. The number of hydrogen-bond acceptors (Lipinski definition) is 6. The van der Waals surface area contributed by atoms with Gasteiger partial charge in [0.05, 0.1) is 26.9 Å². The average Bonchev–Trinajstić information content (AvgIpc) is 3.15. The van der Waals surface area contributed by atoms with Crippen LogP contribution in [-0.2, 0) is 11.8 Å². The van der Waals surface area contributed by atoms with Gasteiger partial charge < -0.3 is 15.5 Å². The number of rotatable bonds is 4. The van der Waals surface area contributed by atoms with Crippen molar-refractivity contribution in [1.29, 1.82) is 0 Å². The van der Waals surface area contributed by atoms with Crippen LogP contribution in [0.25, 0.3) is 10.2 Å². The van der Waals surface area contributed by atoms with Gasteiger partial charge in [0.25, 0.3) is 5.91 Å². The first-order valence-corrected chi connectivity index (χ1v) is 11.5. The van der Waals surface area contributed by atoms with E-state index in [0.29, 0.717) is 11.1 Å². The molecule has 1 fully saturated rings. The van der Waals surface area contributed by atoms with Crippen molar-refractivity contribution in [3.8, 4) is 0 Å². The topological polar surface area (TPSA) is 95.3 Å². The highest BCUT2D eigenvalue weighted by Gasteiger charge is 2.33. The number of aliphatic hydroxyl groups excluding tert-OH is 1. The lowest BCUT2D eigenvalue weighted by molar-refractivity contribution is -0.141. The summed E-state index contributed by atoms with van der Waals surface area (Å²) in [6.45, 7) is 3.09. The molecule has 6 nitrogen and oxygen atoms in total. The van der Waals surface area contributed by atoms with Crippen molar-refractivity contribution in [2.24, 2.45) is 0 Å². The summed E-state index contributed by atoms with van der Waals surface area (Å²) in [6.07, 6.45) is -1.58. The minimum Gasteiger partial charge on any atom is -0.392 e. The molecule has 0 radical (unpaired) electrons. The van der Waals surface area contributed by atoms with Crippen LogP contribution in [0.3, 0.4) is 0 Å². The van der Waals surface area contributed by atoms with Gasteiger partial charge in [-0.2, -0.15) is 13.2 Å². The van der Waals surface area contributed by atoms with Crippen molar-refractivity contribution in [3.05, 3.63) is 52.3 Å². The number of nitrogens with zero attached hydrogens (tertiary/aromatic N) is 2. The molecule has 1 amide bonds. The molecule has 0 aliphatic heterocycles. The van der Waals surface area contributed by atoms with Crippen molar-refractivity contribution >= 4 is 33.1 Å². The van der Waals surface area contributed by atoms with Gasteiger partial charge >= 0.3 is 6.18 Å². The quantitative estimate of drug-likeness (QED) is 0.478. The molecule has 4 rings (SSSR count). The Labute approximate surface area is 192 Å². The van der Waals surface area contributed by atoms with E-state index in [1.54, 1.807) is 26.0 Å². The summed E-state index contributed by atoms with van der Waals surface area (Å²) in [5.74, 6) is -0.882. The molecule has 0 bridgehead atoms. The largest absolute Gasteiger partial charge is 0.433 e. The van der Waals surface area contributed by atoms with Gasteiger partial charge in [-0.3, -0.25) is 4.79 Å². The van der Waals surface area contributed by atoms with Crippen molar-refractivity contribution < 1.29 is 28.2 Å². The lowest BCUT2D eigenvalue weighted by atomic mass is 9.87. The van der Waals surface area contributed by atoms with Crippen LogP contribution in [0.5, 0.6) is 0 Å². The fraction of sp³-hybridized carbons (Fsp3) is 0.435. The highest BCUT2D eigenvalue weighted by molar-refractivity contribution is 7.18. The molecular formula is C23H24F3N3O3S. The molecule has 10 heteroatoms. The number of aromatic nitrogens is 2. The molecule has 3 aromatic rings. The highest BCUT2D eigenvalue weighted by atomic mass is 32.1. The van der Waals surface area contributed by atoms with Crippen molar-refractivity contribution in [2.75, 3.05) is 5.32 Å². The third-order valence-corrected chi connectivity index (χ3v) is 6.92. The zero-order valence-electron chi connectivity index (χ0n) is 18.1. The lowest BCUT2D eigenvalue weighted by Gasteiger charge is -2.25. The van der Waals surface area contributed by atoms with Crippen molar-refractivity contribution in [2.45, 2.75) is 63.3 Å². The number of amides is 1. The normalized spacial score (nSPS) is 19.6. The minimum atomic E-state index is -4.67. The van der Waals surface area contributed by atoms with Crippen LogP contribution in [0.4, 0.5) is 18.9 Å². The third-order valence-electron chi connectivity index (χ3n) is 5.77. The molecule has 1 unspecified atom stereocenters. The van der Waals surface area contributed by atoms with E-state index in [4.69, 9.17) is 0 Å². The van der Waals surface area contributed by atoms with E-state index in [1.165, 1.54) is 17.4 Å². The summed E-state index contributed by atoms with van der Waals surface area (Å²) in [7, 11) is 0. The number of fused-ring (bicyclic) bond motifs is 1. The monoisotopic (exact) mass is 479 g/mol. The second kappa shape index (κ2) is 8.66. The SMILES string of the molecule is CC(C)(O)c1cc2nc([C@H]3CCCCC3O)sc2cc1NC(=O)c1cccc(C(F)(F)F)n1. The Morgan fingerprint density at radius 1 is 1.15 bits per heavy atom. The summed E-state index contributed by atoms with van der Waals surface area (Å²) in [4.78, 5) is 20.8. The highest BCUT2D eigenvalue weighted by Crippen LogP contribution is 2.40. The second-order valence-electron chi connectivity index (χ2n) is 8.79. The molecule has 1 aliphatic rings. The zero-order chi connectivity index (χ0) is 24.0. The van der Waals surface area contributed by atoms with E-state index < -0.39 is 29.5 Å². The van der Waals surface area contributed by atoms with Crippen LogP contribution >= 0.6 is 11.3 Å². The van der Waals surface area contributed by atoms with Crippen molar-refractivity contribution in [3.63, 3.8) is 0 Å². The molecule has 2 atom stereocenters. The number of halogens is 3. The number of anilines is 1. The van der Waals surface area contributed by atoms with Crippen LogP contribution < -0.4 is 5.32 Å². The van der Waals surface area contributed by atoms with Gasteiger partial charge in [-0.1, -0.05) is 18.9 Å². The molecule has 33 heavy (non-hydrogen) atoms. The van der Waals surface area contributed by atoms with E-state index in [0.717, 1.165) is 47.5 Å². The molecule has 2 aromatic heterocycles. The van der Waals surface area contributed by atoms with E-state index in [9.17, 15) is 28.2 Å². The number of aliphatic hydroxyl groups is 2. The Morgan fingerprint density at radius 2 is 1.88 bits per heavy atom. The van der Waals surface area contributed by atoms with E-state index in [1.807, 2.05) is 0 Å². The molecule has 3 N–H and O–H groups in total. The predicted octanol–water partition coefficient (Wildman–Crippen LogP) is 5.21. The fourth-order valence-corrected chi connectivity index (χ4v) is 5.25. The zero-order valence-corrected chi connectivity index (χ0v) is 18.9. The number of nitrogens with one attached hydrogen (secondary N) is 1. The van der Waals surface area contributed by atoms with Gasteiger partial charge in [0.15, 0.2) is 0 Å². The summed E-state index contributed by atoms with van der Waals surface area (Å²) >= 11 is 1.40. The molecule has 1 aliphatic carbocycles. The average molecular weight is 480 g/mol. The number of pyridine rings is 1. The number of carbonyl (C=O) groups excluding carboxylic acids is 1. The first-order chi connectivity index (χ1) is 15.4. The summed E-state index contributed by atoms with van der Waals surface area (Å²) in [6, 6.07) is 6.44. The van der Waals surface area contributed by atoms with E-state index in [-0.39, 0.29) is 17.3 Å². The number of alkyl halides is 3. The number of hydrogen-bond donors (Lipinski definition) is 3. The minimum absolute atomic E-state index is 0.0610. The molecular weight excluding hydrogens is 455 g/mol. The van der Waals surface area contributed by atoms with Gasteiger partial charge in [0.1, 0.15) is 11.4 Å². The lowest BCUT2D eigenvalue weighted by Crippen LogP contribution is -2.22. The Kier molecular flexibility index (Phi) is 6.19. The van der Waals surface area contributed by atoms with Gasteiger partial charge in [-0.25, -0.2) is 9.97 Å². The number of carbonyl (C=O) groups is 1. The summed E-state index contributed by atoms with van der Waals surface area (Å²) in [5.41, 5.74) is -1.64. The third kappa shape index (κ3) is 5.02. The van der Waals surface area contributed by atoms with Gasteiger partial charge in [0, 0.05) is 17.2 Å². The Balaban J connectivity index is 1.71. The first-order valence-electron chi connectivity index (χ1n) is 10.6. The predicted molar refractivity (Wildman–Crippen MR) is 119 cm³/mol. The maximum Gasteiger partial charge on any atom is 0.433 e. The molecule has 2 heterocycles. The van der Waals surface area contributed by atoms with Gasteiger partial charge in [0.2, 0.25) is 0 Å². The molecule has 176 valence electrons. The number of thiazole rings is 1. The molecule has 1 aromatic carbocycles. The summed E-state index contributed by atoms with van der Waals surface area (Å²) in [5, 5.41) is 24.5. The molecule has 0 spiro atoms. The van der Waals surface area contributed by atoms with Gasteiger partial charge in [-0.15, -0.1) is 11.3 Å². The van der Waals surface area contributed by atoms with Gasteiger partial charge in [-0.05, 0) is 51.0 Å². The maximum absolute atomic E-state index is 13.0. The maximum atomic E-state index is 13.0. The first kappa shape index (κ1) is 23.6. The standard InChI is InChI=1S/C23H24F3N3O3S/c1-22(2,32)13-10-16-18(33-21(29-16)12-6-3-4-8-17(12)30)11-15(13)28-20(31)14-7-5-9-19(27-14)23(24,25)26/h5,7,9-12,17,30,32H,3-4,6,8H2,1-2H3,(H,28,31)/t12-,17?/m0/s1. The molecule has 0 saturated heterocycles. The van der Waals surface area contributed by atoms with Crippen LogP contribution in [-0.4, -0.2) is 32.2 Å². The van der Waals surface area contributed by atoms with E-state index >= 15 is 0 Å². The molecule has 1 saturated carbocycles. The Hall–Kier alpha value is -2.56. The Morgan fingerprint density at radius 3 is 2.55 bits per heavy atom. The van der Waals surface area contributed by atoms with Crippen molar-refractivity contribution in [1.82, 2.24) is 9.97 Å². The van der Waals surface area contributed by atoms with Crippen LogP contribution in [0.1, 0.15) is 72.2 Å².